The molecule has 1 saturated heterocycles. The Hall–Kier alpha value is -2.67. The van der Waals surface area contributed by atoms with Crippen LogP contribution in [0.15, 0.2) is 47.8 Å². The average Bonchev–Trinajstić information content (AvgIpc) is 3.26. The summed E-state index contributed by atoms with van der Waals surface area (Å²) < 4.78 is 0. The van der Waals surface area contributed by atoms with E-state index in [1.165, 1.54) is 11.3 Å². The standard InChI is InChI=1S/C21H25N3O3S/c25-19-14-17(16-8-3-1-4-9-16)24(12-6-2-5-11-22-19)20(26)15-23-21(27)18-10-7-13-28-18/h1,3-4,7-10,13,17H,2,5-6,11-12,14-15H2,(H,22,25)(H,23,27). The summed E-state index contributed by atoms with van der Waals surface area (Å²) in [6, 6.07) is 12.8. The maximum Gasteiger partial charge on any atom is 0.261 e. The van der Waals surface area contributed by atoms with Crippen LogP contribution in [-0.4, -0.2) is 42.3 Å². The zero-order valence-electron chi connectivity index (χ0n) is 15.7. The Balaban J connectivity index is 1.76. The molecule has 1 atom stereocenters. The lowest BCUT2D eigenvalue weighted by Crippen LogP contribution is -2.44. The predicted molar refractivity (Wildman–Crippen MR) is 109 cm³/mol. The summed E-state index contributed by atoms with van der Waals surface area (Å²) in [5.74, 6) is -0.485. The molecule has 0 saturated carbocycles. The third-order valence-electron chi connectivity index (χ3n) is 4.80. The molecule has 0 bridgehead atoms. The normalized spacial score (nSPS) is 18.2. The first-order valence-electron chi connectivity index (χ1n) is 9.58. The highest BCUT2D eigenvalue weighted by molar-refractivity contribution is 7.12. The van der Waals surface area contributed by atoms with Gasteiger partial charge in [-0.3, -0.25) is 14.4 Å². The van der Waals surface area contributed by atoms with Crippen LogP contribution in [0.25, 0.3) is 0 Å². The van der Waals surface area contributed by atoms with Crippen molar-refractivity contribution >= 4 is 29.1 Å². The van der Waals surface area contributed by atoms with E-state index in [1.54, 1.807) is 17.0 Å². The molecule has 2 aromatic rings. The Kier molecular flexibility index (Phi) is 7.19. The van der Waals surface area contributed by atoms with Crippen LogP contribution in [0.2, 0.25) is 0 Å². The lowest BCUT2D eigenvalue weighted by molar-refractivity contribution is -0.134. The highest BCUT2D eigenvalue weighted by atomic mass is 32.1. The molecule has 1 fully saturated rings. The van der Waals surface area contributed by atoms with Crippen molar-refractivity contribution in [2.45, 2.75) is 31.7 Å². The van der Waals surface area contributed by atoms with Gasteiger partial charge in [-0.15, -0.1) is 11.3 Å². The molecule has 7 heteroatoms. The molecule has 0 aliphatic carbocycles. The van der Waals surface area contributed by atoms with E-state index in [4.69, 9.17) is 0 Å². The number of carbonyl (C=O) groups excluding carboxylic acids is 3. The summed E-state index contributed by atoms with van der Waals surface area (Å²) in [4.78, 5) is 39.9. The molecule has 1 aromatic heterocycles. The second-order valence-electron chi connectivity index (χ2n) is 6.79. The Bertz CT molecular complexity index is 792. The summed E-state index contributed by atoms with van der Waals surface area (Å²) >= 11 is 1.34. The Morgan fingerprint density at radius 2 is 1.93 bits per heavy atom. The lowest BCUT2D eigenvalue weighted by atomic mass is 10.00. The molecule has 1 aliphatic heterocycles. The number of hydrogen-bond acceptors (Lipinski definition) is 4. The second-order valence-corrected chi connectivity index (χ2v) is 7.74. The van der Waals surface area contributed by atoms with E-state index in [0.29, 0.717) is 18.0 Å². The minimum Gasteiger partial charge on any atom is -0.356 e. The molecular weight excluding hydrogens is 374 g/mol. The first-order valence-corrected chi connectivity index (χ1v) is 10.5. The van der Waals surface area contributed by atoms with Crippen molar-refractivity contribution < 1.29 is 14.4 Å². The van der Waals surface area contributed by atoms with Crippen molar-refractivity contribution in [3.8, 4) is 0 Å². The van der Waals surface area contributed by atoms with Crippen LogP contribution >= 0.6 is 11.3 Å². The number of hydrogen-bond donors (Lipinski definition) is 2. The highest BCUT2D eigenvalue weighted by Crippen LogP contribution is 2.26. The van der Waals surface area contributed by atoms with E-state index < -0.39 is 0 Å². The minimum atomic E-state index is -0.342. The number of nitrogens with one attached hydrogen (secondary N) is 2. The maximum absolute atomic E-state index is 13.0. The molecule has 1 aromatic carbocycles. The molecule has 0 spiro atoms. The summed E-state index contributed by atoms with van der Waals surface area (Å²) in [5.41, 5.74) is 0.927. The van der Waals surface area contributed by atoms with Gasteiger partial charge in [-0.1, -0.05) is 36.4 Å². The van der Waals surface area contributed by atoms with E-state index in [-0.39, 0.29) is 36.7 Å². The van der Waals surface area contributed by atoms with E-state index in [9.17, 15) is 14.4 Å². The number of thiophene rings is 1. The fraction of sp³-hybridized carbons (Fsp3) is 0.381. The molecule has 2 N–H and O–H groups in total. The molecule has 3 amide bonds. The van der Waals surface area contributed by atoms with Crippen LogP contribution < -0.4 is 10.6 Å². The van der Waals surface area contributed by atoms with E-state index in [2.05, 4.69) is 10.6 Å². The van der Waals surface area contributed by atoms with Gasteiger partial charge in [0.1, 0.15) is 0 Å². The Labute approximate surface area is 168 Å². The Morgan fingerprint density at radius 1 is 1.11 bits per heavy atom. The predicted octanol–water partition coefficient (Wildman–Crippen LogP) is 2.74. The highest BCUT2D eigenvalue weighted by Gasteiger charge is 2.28. The third-order valence-corrected chi connectivity index (χ3v) is 5.67. The van der Waals surface area contributed by atoms with Crippen molar-refractivity contribution in [1.29, 1.82) is 0 Å². The topological polar surface area (TPSA) is 78.5 Å². The molecule has 1 aliphatic rings. The summed E-state index contributed by atoms with van der Waals surface area (Å²) in [6.07, 6.45) is 2.92. The van der Waals surface area contributed by atoms with Crippen molar-refractivity contribution in [1.82, 2.24) is 15.5 Å². The van der Waals surface area contributed by atoms with Crippen LogP contribution in [0.5, 0.6) is 0 Å². The van der Waals surface area contributed by atoms with Crippen molar-refractivity contribution in [3.63, 3.8) is 0 Å². The number of rotatable bonds is 4. The average molecular weight is 400 g/mol. The number of carbonyl (C=O) groups is 3. The molecule has 2 heterocycles. The van der Waals surface area contributed by atoms with E-state index >= 15 is 0 Å². The van der Waals surface area contributed by atoms with Gasteiger partial charge < -0.3 is 15.5 Å². The summed E-state index contributed by atoms with van der Waals surface area (Å²) in [6.45, 7) is 1.16. The third kappa shape index (κ3) is 5.42. The molecule has 148 valence electrons. The number of nitrogens with zero attached hydrogens (tertiary/aromatic N) is 1. The van der Waals surface area contributed by atoms with Crippen LogP contribution in [0.3, 0.4) is 0 Å². The minimum absolute atomic E-state index is 0.0591. The van der Waals surface area contributed by atoms with Gasteiger partial charge in [-0.25, -0.2) is 0 Å². The van der Waals surface area contributed by atoms with Gasteiger partial charge in [0.2, 0.25) is 11.8 Å². The first-order chi connectivity index (χ1) is 13.6. The van der Waals surface area contributed by atoms with Crippen LogP contribution in [-0.2, 0) is 9.59 Å². The maximum atomic E-state index is 13.0. The largest absolute Gasteiger partial charge is 0.356 e. The monoisotopic (exact) mass is 399 g/mol. The van der Waals surface area contributed by atoms with Crippen LogP contribution in [0.4, 0.5) is 0 Å². The molecular formula is C21H25N3O3S. The van der Waals surface area contributed by atoms with Gasteiger partial charge in [0.25, 0.3) is 5.91 Å². The zero-order chi connectivity index (χ0) is 19.8. The molecule has 6 nitrogen and oxygen atoms in total. The smallest absolute Gasteiger partial charge is 0.261 e. The van der Waals surface area contributed by atoms with Crippen molar-refractivity contribution in [3.05, 3.63) is 58.3 Å². The van der Waals surface area contributed by atoms with Gasteiger partial charge >= 0.3 is 0 Å². The molecule has 28 heavy (non-hydrogen) atoms. The summed E-state index contributed by atoms with van der Waals surface area (Å²) in [7, 11) is 0. The summed E-state index contributed by atoms with van der Waals surface area (Å²) in [5, 5.41) is 7.47. The molecule has 3 rings (SSSR count). The van der Waals surface area contributed by atoms with Gasteiger partial charge in [-0.2, -0.15) is 0 Å². The van der Waals surface area contributed by atoms with Gasteiger partial charge in [0, 0.05) is 13.1 Å². The van der Waals surface area contributed by atoms with Crippen molar-refractivity contribution in [2.24, 2.45) is 0 Å². The number of benzene rings is 1. The fourth-order valence-corrected chi connectivity index (χ4v) is 3.99. The van der Waals surface area contributed by atoms with E-state index in [1.807, 2.05) is 35.7 Å². The fourth-order valence-electron chi connectivity index (χ4n) is 3.35. The zero-order valence-corrected chi connectivity index (χ0v) is 16.5. The molecule has 1 unspecified atom stereocenters. The van der Waals surface area contributed by atoms with E-state index in [0.717, 1.165) is 24.8 Å². The SMILES string of the molecule is O=C1CC(c2ccccc2)N(C(=O)CNC(=O)c2cccs2)CCCCCN1. The van der Waals surface area contributed by atoms with Crippen molar-refractivity contribution in [2.75, 3.05) is 19.6 Å². The van der Waals surface area contributed by atoms with Gasteiger partial charge in [0.15, 0.2) is 0 Å². The molecule has 0 radical (unpaired) electrons. The first kappa shape index (κ1) is 20.1. The van der Waals surface area contributed by atoms with Crippen LogP contribution in [0, 0.1) is 0 Å². The van der Waals surface area contributed by atoms with Gasteiger partial charge in [0.05, 0.1) is 23.9 Å². The lowest BCUT2D eigenvalue weighted by Gasteiger charge is -2.33. The van der Waals surface area contributed by atoms with Crippen LogP contribution in [0.1, 0.15) is 47.0 Å². The number of amides is 3. The Morgan fingerprint density at radius 3 is 2.68 bits per heavy atom. The van der Waals surface area contributed by atoms with Gasteiger partial charge in [-0.05, 0) is 36.3 Å². The second kappa shape index (κ2) is 10.0. The quantitative estimate of drug-likeness (QED) is 0.830.